The Kier molecular flexibility index (Phi) is 5.64. The lowest BCUT2D eigenvalue weighted by Gasteiger charge is -2.31. The third-order valence-electron chi connectivity index (χ3n) is 5.00. The summed E-state index contributed by atoms with van der Waals surface area (Å²) in [6, 6.07) is 17.2. The molecule has 144 valence electrons. The van der Waals surface area contributed by atoms with Gasteiger partial charge in [0.15, 0.2) is 0 Å². The fraction of sp³-hybridized carbons (Fsp3) is 0.286. The summed E-state index contributed by atoms with van der Waals surface area (Å²) in [5, 5.41) is 3.86. The van der Waals surface area contributed by atoms with Gasteiger partial charge < -0.3 is 15.1 Å². The molecule has 1 fully saturated rings. The first-order valence-electron chi connectivity index (χ1n) is 9.48. The van der Waals surface area contributed by atoms with E-state index in [1.807, 2.05) is 41.3 Å². The van der Waals surface area contributed by atoms with Gasteiger partial charge in [-0.2, -0.15) is 0 Å². The molecule has 0 radical (unpaired) electrons. The topological polar surface area (TPSA) is 66.7 Å². The minimum absolute atomic E-state index is 0.0247. The fourth-order valence-electron chi connectivity index (χ4n) is 3.42. The van der Waals surface area contributed by atoms with Crippen LogP contribution in [0.25, 0.3) is 10.2 Å². The molecule has 2 aromatic carbocycles. The Labute approximate surface area is 167 Å². The van der Waals surface area contributed by atoms with Gasteiger partial charge in [-0.1, -0.05) is 30.3 Å². The monoisotopic (exact) mass is 395 g/mol. The second-order valence-electron chi connectivity index (χ2n) is 6.93. The summed E-state index contributed by atoms with van der Waals surface area (Å²) in [4.78, 5) is 32.5. The largest absolute Gasteiger partial charge is 0.343 e. The van der Waals surface area contributed by atoms with Crippen molar-refractivity contribution in [2.75, 3.05) is 32.7 Å². The quantitative estimate of drug-likeness (QED) is 0.676. The van der Waals surface area contributed by atoms with Crippen molar-refractivity contribution in [3.8, 4) is 0 Å². The third kappa shape index (κ3) is 4.37. The van der Waals surface area contributed by atoms with E-state index in [9.17, 15) is 9.59 Å². The van der Waals surface area contributed by atoms with Crippen LogP contribution in [0.2, 0.25) is 0 Å². The van der Waals surface area contributed by atoms with Crippen molar-refractivity contribution in [1.29, 1.82) is 0 Å². The highest BCUT2D eigenvalue weighted by Gasteiger charge is 2.24. The van der Waals surface area contributed by atoms with Crippen molar-refractivity contribution in [3.05, 3.63) is 65.2 Å². The summed E-state index contributed by atoms with van der Waals surface area (Å²) in [7, 11) is 0. The summed E-state index contributed by atoms with van der Waals surface area (Å²) in [5.41, 5.74) is 1.63. The first kappa shape index (κ1) is 18.6. The number of carbonyl (C=O) groups excluding carboxylic acids is 2. The number of nitrogens with zero attached hydrogens (tertiary/aromatic N) is 2. The molecule has 0 bridgehead atoms. The standard InChI is InChI=1S/C21H22N4O2S/c26-20(14-22-21(27)16-6-2-1-3-7-16)25-12-10-24(11-13-25)15-19-23-17-8-4-5-9-18(17)28-19/h1-9H,10-15H2,(H,22,27)/p+1. The number of carbonyl (C=O) groups is 2. The van der Waals surface area contributed by atoms with Gasteiger partial charge in [0.1, 0.15) is 11.6 Å². The predicted octanol–water partition coefficient (Wildman–Crippen LogP) is 0.953. The van der Waals surface area contributed by atoms with Crippen molar-refractivity contribution < 1.29 is 14.5 Å². The van der Waals surface area contributed by atoms with E-state index in [4.69, 9.17) is 4.98 Å². The average Bonchev–Trinajstić information content (AvgIpc) is 3.15. The van der Waals surface area contributed by atoms with Gasteiger partial charge in [-0.15, -0.1) is 11.3 Å². The molecule has 0 atom stereocenters. The van der Waals surface area contributed by atoms with Crippen LogP contribution in [0.4, 0.5) is 0 Å². The minimum Gasteiger partial charge on any atom is -0.343 e. The van der Waals surface area contributed by atoms with Gasteiger partial charge in [0.05, 0.1) is 42.9 Å². The van der Waals surface area contributed by atoms with E-state index in [-0.39, 0.29) is 18.4 Å². The summed E-state index contributed by atoms with van der Waals surface area (Å²) < 4.78 is 1.22. The maximum Gasteiger partial charge on any atom is 0.251 e. The summed E-state index contributed by atoms with van der Waals surface area (Å²) in [6.07, 6.45) is 0. The van der Waals surface area contributed by atoms with E-state index in [0.717, 1.165) is 30.2 Å². The fourth-order valence-corrected chi connectivity index (χ4v) is 4.46. The molecule has 0 unspecified atom stereocenters. The lowest BCUT2D eigenvalue weighted by molar-refractivity contribution is -0.917. The molecule has 4 rings (SSSR count). The number of benzene rings is 2. The van der Waals surface area contributed by atoms with Crippen molar-refractivity contribution in [3.63, 3.8) is 0 Å². The van der Waals surface area contributed by atoms with Crippen molar-refractivity contribution in [2.24, 2.45) is 0 Å². The Balaban J connectivity index is 1.24. The van der Waals surface area contributed by atoms with Crippen molar-refractivity contribution >= 4 is 33.4 Å². The molecule has 2 N–H and O–H groups in total. The molecule has 0 spiro atoms. The summed E-state index contributed by atoms with van der Waals surface area (Å²) in [5.74, 6) is -0.239. The van der Waals surface area contributed by atoms with Crippen LogP contribution in [-0.2, 0) is 11.3 Å². The number of piperazine rings is 1. The highest BCUT2D eigenvalue weighted by atomic mass is 32.1. The van der Waals surface area contributed by atoms with Gasteiger partial charge in [-0.25, -0.2) is 4.98 Å². The average molecular weight is 396 g/mol. The zero-order chi connectivity index (χ0) is 19.3. The zero-order valence-electron chi connectivity index (χ0n) is 15.6. The molecular formula is C21H23N4O2S+. The van der Waals surface area contributed by atoms with Crippen molar-refractivity contribution in [2.45, 2.75) is 6.54 Å². The van der Waals surface area contributed by atoms with Gasteiger partial charge in [0, 0.05) is 5.56 Å². The van der Waals surface area contributed by atoms with Crippen LogP contribution >= 0.6 is 11.3 Å². The number of nitrogens with one attached hydrogen (secondary N) is 2. The van der Waals surface area contributed by atoms with E-state index < -0.39 is 0 Å². The first-order valence-corrected chi connectivity index (χ1v) is 10.3. The first-order chi connectivity index (χ1) is 13.7. The van der Waals surface area contributed by atoms with Crippen LogP contribution < -0.4 is 10.2 Å². The number of amides is 2. The van der Waals surface area contributed by atoms with Crippen LogP contribution in [0.5, 0.6) is 0 Å². The van der Waals surface area contributed by atoms with E-state index in [2.05, 4.69) is 11.4 Å². The lowest BCUT2D eigenvalue weighted by Crippen LogP contribution is -3.13. The normalized spacial score (nSPS) is 14.9. The van der Waals surface area contributed by atoms with Crippen LogP contribution in [-0.4, -0.2) is 54.4 Å². The number of para-hydroxylation sites is 1. The Morgan fingerprint density at radius 1 is 1.04 bits per heavy atom. The van der Waals surface area contributed by atoms with E-state index in [1.54, 1.807) is 23.5 Å². The molecule has 1 aliphatic rings. The molecule has 2 heterocycles. The number of hydrogen-bond donors (Lipinski definition) is 2. The third-order valence-corrected chi connectivity index (χ3v) is 6.04. The molecule has 1 aromatic heterocycles. The molecule has 1 saturated heterocycles. The zero-order valence-corrected chi connectivity index (χ0v) is 16.4. The molecule has 1 aliphatic heterocycles. The maximum atomic E-state index is 12.4. The Hall–Kier alpha value is -2.77. The number of rotatable bonds is 5. The Morgan fingerprint density at radius 2 is 1.75 bits per heavy atom. The number of fused-ring (bicyclic) bond motifs is 1. The Morgan fingerprint density at radius 3 is 2.50 bits per heavy atom. The van der Waals surface area contributed by atoms with E-state index >= 15 is 0 Å². The van der Waals surface area contributed by atoms with Crippen LogP contribution in [0.3, 0.4) is 0 Å². The van der Waals surface area contributed by atoms with Gasteiger partial charge in [-0.3, -0.25) is 9.59 Å². The number of thiazole rings is 1. The molecular weight excluding hydrogens is 372 g/mol. The number of quaternary nitrogens is 1. The minimum atomic E-state index is -0.214. The molecule has 7 heteroatoms. The lowest BCUT2D eigenvalue weighted by atomic mass is 10.2. The second kappa shape index (κ2) is 8.50. The van der Waals surface area contributed by atoms with Gasteiger partial charge in [0.25, 0.3) is 5.91 Å². The molecule has 2 amide bonds. The van der Waals surface area contributed by atoms with Crippen LogP contribution in [0.1, 0.15) is 15.4 Å². The van der Waals surface area contributed by atoms with E-state index in [1.165, 1.54) is 9.60 Å². The highest BCUT2D eigenvalue weighted by Crippen LogP contribution is 2.20. The molecule has 3 aromatic rings. The predicted molar refractivity (Wildman–Crippen MR) is 109 cm³/mol. The van der Waals surface area contributed by atoms with Crippen LogP contribution in [0.15, 0.2) is 54.6 Å². The summed E-state index contributed by atoms with van der Waals surface area (Å²) >= 11 is 1.75. The second-order valence-corrected chi connectivity index (χ2v) is 8.05. The summed E-state index contributed by atoms with van der Waals surface area (Å²) in [6.45, 7) is 4.15. The molecule has 0 saturated carbocycles. The van der Waals surface area contributed by atoms with Gasteiger partial charge in [0.2, 0.25) is 5.91 Å². The molecule has 0 aliphatic carbocycles. The number of hydrogen-bond acceptors (Lipinski definition) is 4. The van der Waals surface area contributed by atoms with Crippen molar-refractivity contribution in [1.82, 2.24) is 15.2 Å². The molecule has 28 heavy (non-hydrogen) atoms. The highest BCUT2D eigenvalue weighted by molar-refractivity contribution is 7.18. The van der Waals surface area contributed by atoms with Gasteiger partial charge >= 0.3 is 0 Å². The Bertz CT molecular complexity index is 932. The van der Waals surface area contributed by atoms with E-state index in [0.29, 0.717) is 18.7 Å². The smallest absolute Gasteiger partial charge is 0.251 e. The number of aromatic nitrogens is 1. The SMILES string of the molecule is O=C(NCC(=O)N1CC[NH+](Cc2nc3ccccc3s2)CC1)c1ccccc1. The van der Waals surface area contributed by atoms with Gasteiger partial charge in [-0.05, 0) is 24.3 Å². The van der Waals surface area contributed by atoms with Crippen LogP contribution in [0, 0.1) is 0 Å². The molecule has 6 nitrogen and oxygen atoms in total. The maximum absolute atomic E-state index is 12.4.